The largest absolute Gasteiger partial charge is 0.466 e. The predicted octanol–water partition coefficient (Wildman–Crippen LogP) is 4.45. The van der Waals surface area contributed by atoms with Crippen LogP contribution in [0.1, 0.15) is 41.3 Å². The fraction of sp³-hybridized carbons (Fsp3) is 0.290. The standard InChI is InChI=1S/C31H32N2O5/c1-2-38-31(37)25-17-19-32(20-18-25)30(36)26-15-9-10-16-27(26)33(28(34)21-23-11-5-3-6-12-23)29(35)22-24-13-7-4-8-14-24/h3-16,25H,2,17-22H2,1H3. The zero-order chi connectivity index (χ0) is 26.9. The van der Waals surface area contributed by atoms with E-state index >= 15 is 0 Å². The van der Waals surface area contributed by atoms with Crippen LogP contribution in [-0.4, -0.2) is 48.3 Å². The normalized spacial score (nSPS) is 13.6. The molecule has 196 valence electrons. The SMILES string of the molecule is CCOC(=O)C1CCN(C(=O)c2ccccc2N(C(=O)Cc2ccccc2)C(=O)Cc2ccccc2)CC1. The summed E-state index contributed by atoms with van der Waals surface area (Å²) in [7, 11) is 0. The molecule has 7 nitrogen and oxygen atoms in total. The monoisotopic (exact) mass is 512 g/mol. The van der Waals surface area contributed by atoms with Gasteiger partial charge < -0.3 is 9.64 Å². The number of nitrogens with zero attached hydrogens (tertiary/aromatic N) is 2. The summed E-state index contributed by atoms with van der Waals surface area (Å²) in [6, 6.07) is 25.2. The van der Waals surface area contributed by atoms with E-state index in [9.17, 15) is 19.2 Å². The molecule has 0 radical (unpaired) electrons. The van der Waals surface area contributed by atoms with Crippen molar-refractivity contribution in [3.05, 3.63) is 102 Å². The van der Waals surface area contributed by atoms with Crippen LogP contribution in [0, 0.1) is 5.92 Å². The van der Waals surface area contributed by atoms with E-state index in [-0.39, 0.29) is 41.9 Å². The van der Waals surface area contributed by atoms with Gasteiger partial charge in [0, 0.05) is 13.1 Å². The van der Waals surface area contributed by atoms with Gasteiger partial charge in [-0.25, -0.2) is 4.90 Å². The Hall–Kier alpha value is -4.26. The lowest BCUT2D eigenvalue weighted by Gasteiger charge is -2.32. The second-order valence-corrected chi connectivity index (χ2v) is 9.28. The summed E-state index contributed by atoms with van der Waals surface area (Å²) in [5.74, 6) is -1.54. The van der Waals surface area contributed by atoms with E-state index in [1.54, 1.807) is 36.1 Å². The van der Waals surface area contributed by atoms with Gasteiger partial charge in [-0.2, -0.15) is 0 Å². The van der Waals surface area contributed by atoms with Crippen LogP contribution in [0.4, 0.5) is 5.69 Å². The van der Waals surface area contributed by atoms with Crippen LogP contribution in [0.3, 0.4) is 0 Å². The first-order chi connectivity index (χ1) is 18.5. The molecule has 4 rings (SSSR count). The minimum atomic E-state index is -0.404. The third-order valence-corrected chi connectivity index (χ3v) is 6.67. The fourth-order valence-corrected chi connectivity index (χ4v) is 4.71. The molecule has 1 fully saturated rings. The van der Waals surface area contributed by atoms with Crippen LogP contribution in [0.25, 0.3) is 0 Å². The molecule has 38 heavy (non-hydrogen) atoms. The minimum absolute atomic E-state index is 0.0226. The number of hydrogen-bond acceptors (Lipinski definition) is 5. The van der Waals surface area contributed by atoms with Gasteiger partial charge in [-0.15, -0.1) is 0 Å². The lowest BCUT2D eigenvalue weighted by Crippen LogP contribution is -2.43. The lowest BCUT2D eigenvalue weighted by atomic mass is 9.96. The summed E-state index contributed by atoms with van der Waals surface area (Å²) < 4.78 is 5.14. The number of esters is 1. The van der Waals surface area contributed by atoms with E-state index in [4.69, 9.17) is 4.74 Å². The molecule has 0 saturated carbocycles. The Balaban J connectivity index is 1.61. The number of hydrogen-bond donors (Lipinski definition) is 0. The minimum Gasteiger partial charge on any atom is -0.466 e. The van der Waals surface area contributed by atoms with Gasteiger partial charge in [0.2, 0.25) is 11.8 Å². The van der Waals surface area contributed by atoms with Gasteiger partial charge in [-0.3, -0.25) is 19.2 Å². The van der Waals surface area contributed by atoms with Crippen molar-refractivity contribution < 1.29 is 23.9 Å². The number of carbonyl (C=O) groups excluding carboxylic acids is 4. The van der Waals surface area contributed by atoms with E-state index in [0.717, 1.165) is 16.0 Å². The topological polar surface area (TPSA) is 84.0 Å². The first-order valence-electron chi connectivity index (χ1n) is 13.0. The van der Waals surface area contributed by atoms with Crippen LogP contribution >= 0.6 is 0 Å². The third-order valence-electron chi connectivity index (χ3n) is 6.67. The van der Waals surface area contributed by atoms with Gasteiger partial charge >= 0.3 is 5.97 Å². The Kier molecular flexibility index (Phi) is 9.03. The smallest absolute Gasteiger partial charge is 0.309 e. The van der Waals surface area contributed by atoms with Crippen molar-refractivity contribution in [1.29, 1.82) is 0 Å². The van der Waals surface area contributed by atoms with Gasteiger partial charge in [0.1, 0.15) is 0 Å². The van der Waals surface area contributed by atoms with E-state index in [1.807, 2.05) is 60.7 Å². The molecule has 3 amide bonds. The van der Waals surface area contributed by atoms with Crippen LogP contribution in [0.15, 0.2) is 84.9 Å². The first-order valence-corrected chi connectivity index (χ1v) is 13.0. The highest BCUT2D eigenvalue weighted by molar-refractivity contribution is 6.18. The summed E-state index contributed by atoms with van der Waals surface area (Å²) in [4.78, 5) is 55.8. The average Bonchev–Trinajstić information content (AvgIpc) is 2.94. The number of amides is 3. The van der Waals surface area contributed by atoms with Crippen LogP contribution in [0.2, 0.25) is 0 Å². The second kappa shape index (κ2) is 12.8. The molecule has 1 aliphatic rings. The molecule has 3 aromatic carbocycles. The van der Waals surface area contributed by atoms with Gasteiger partial charge in [-0.05, 0) is 43.0 Å². The molecule has 0 bridgehead atoms. The van der Waals surface area contributed by atoms with Crippen molar-refractivity contribution in [2.75, 3.05) is 24.6 Å². The molecule has 0 spiro atoms. The number of rotatable bonds is 8. The molecule has 7 heteroatoms. The predicted molar refractivity (Wildman–Crippen MR) is 144 cm³/mol. The Morgan fingerprint density at radius 1 is 0.763 bits per heavy atom. The van der Waals surface area contributed by atoms with Crippen molar-refractivity contribution in [1.82, 2.24) is 4.90 Å². The Morgan fingerprint density at radius 3 is 1.79 bits per heavy atom. The Labute approximate surface area is 223 Å². The summed E-state index contributed by atoms with van der Waals surface area (Å²) >= 11 is 0. The highest BCUT2D eigenvalue weighted by atomic mass is 16.5. The summed E-state index contributed by atoms with van der Waals surface area (Å²) in [5.41, 5.74) is 2.11. The number of ether oxygens (including phenoxy) is 1. The summed E-state index contributed by atoms with van der Waals surface area (Å²) in [6.45, 7) is 2.89. The van der Waals surface area contributed by atoms with Gasteiger partial charge in [0.05, 0.1) is 36.6 Å². The van der Waals surface area contributed by atoms with Crippen molar-refractivity contribution in [3.63, 3.8) is 0 Å². The lowest BCUT2D eigenvalue weighted by molar-refractivity contribution is -0.149. The highest BCUT2D eigenvalue weighted by Crippen LogP contribution is 2.27. The zero-order valence-corrected chi connectivity index (χ0v) is 21.5. The summed E-state index contributed by atoms with van der Waals surface area (Å²) in [6.07, 6.45) is 1.07. The fourth-order valence-electron chi connectivity index (χ4n) is 4.71. The molecule has 0 aromatic heterocycles. The average molecular weight is 513 g/mol. The van der Waals surface area contributed by atoms with Gasteiger partial charge in [-0.1, -0.05) is 72.8 Å². The number of benzene rings is 3. The molecule has 0 unspecified atom stereocenters. The molecular weight excluding hydrogens is 480 g/mol. The van der Waals surface area contributed by atoms with Gasteiger partial charge in [0.15, 0.2) is 0 Å². The number of likely N-dealkylation sites (tertiary alicyclic amines) is 1. The van der Waals surface area contributed by atoms with Crippen LogP contribution < -0.4 is 4.90 Å². The number of anilines is 1. The molecule has 0 atom stereocenters. The number of piperidine rings is 1. The highest BCUT2D eigenvalue weighted by Gasteiger charge is 2.32. The third kappa shape index (κ3) is 6.54. The molecule has 1 saturated heterocycles. The summed E-state index contributed by atoms with van der Waals surface area (Å²) in [5, 5.41) is 0. The van der Waals surface area contributed by atoms with Crippen LogP contribution in [0.5, 0.6) is 0 Å². The quantitative estimate of drug-likeness (QED) is 0.417. The molecule has 3 aromatic rings. The van der Waals surface area contributed by atoms with E-state index in [2.05, 4.69) is 0 Å². The Morgan fingerprint density at radius 2 is 1.26 bits per heavy atom. The van der Waals surface area contributed by atoms with Gasteiger partial charge in [0.25, 0.3) is 5.91 Å². The molecule has 0 aliphatic carbocycles. The van der Waals surface area contributed by atoms with Crippen molar-refractivity contribution in [2.45, 2.75) is 32.6 Å². The number of para-hydroxylation sites is 1. The molecule has 1 aliphatic heterocycles. The van der Waals surface area contributed by atoms with Crippen molar-refractivity contribution in [3.8, 4) is 0 Å². The maximum atomic E-state index is 13.6. The first kappa shape index (κ1) is 26.8. The second-order valence-electron chi connectivity index (χ2n) is 9.28. The number of imide groups is 1. The molecule has 0 N–H and O–H groups in total. The zero-order valence-electron chi connectivity index (χ0n) is 21.5. The molecular formula is C31H32N2O5. The van der Waals surface area contributed by atoms with Crippen molar-refractivity contribution >= 4 is 29.4 Å². The Bertz CT molecular complexity index is 1210. The van der Waals surface area contributed by atoms with E-state index < -0.39 is 11.8 Å². The molecule has 1 heterocycles. The van der Waals surface area contributed by atoms with Crippen LogP contribution in [-0.2, 0) is 32.0 Å². The maximum absolute atomic E-state index is 13.6. The van der Waals surface area contributed by atoms with E-state index in [0.29, 0.717) is 32.5 Å². The maximum Gasteiger partial charge on any atom is 0.309 e. The van der Waals surface area contributed by atoms with E-state index in [1.165, 1.54) is 0 Å². The number of carbonyl (C=O) groups is 4. The van der Waals surface area contributed by atoms with Crippen molar-refractivity contribution in [2.24, 2.45) is 5.92 Å².